The van der Waals surface area contributed by atoms with Crippen LogP contribution < -0.4 is 5.73 Å². The molecule has 2 N–H and O–H groups in total. The minimum Gasteiger partial charge on any atom is -0.330 e. The molecule has 0 radical (unpaired) electrons. The molecule has 0 aromatic carbocycles. The van der Waals surface area contributed by atoms with E-state index in [9.17, 15) is 4.39 Å². The molecule has 1 saturated heterocycles. The summed E-state index contributed by atoms with van der Waals surface area (Å²) >= 11 is 0. The number of hydrogen-bond donors (Lipinski definition) is 1. The number of hydrogen-bond acceptors (Lipinski definition) is 2. The van der Waals surface area contributed by atoms with Crippen LogP contribution in [0.3, 0.4) is 0 Å². The molecule has 1 fully saturated rings. The van der Waals surface area contributed by atoms with E-state index >= 15 is 0 Å². The molecule has 0 aliphatic carbocycles. The molecule has 1 atom stereocenters. The molecule has 3 heteroatoms. The molecule has 72 valence electrons. The summed E-state index contributed by atoms with van der Waals surface area (Å²) in [4.78, 5) is 2.34. The molecule has 1 rings (SSSR count). The molecule has 0 aromatic rings. The minimum atomic E-state index is -0.685. The van der Waals surface area contributed by atoms with Crippen LogP contribution in [0.5, 0.6) is 0 Å². The quantitative estimate of drug-likeness (QED) is 0.677. The first-order chi connectivity index (χ1) is 5.83. The first kappa shape index (κ1) is 9.93. The monoisotopic (exact) mass is 174 g/mol. The summed E-state index contributed by atoms with van der Waals surface area (Å²) in [5.41, 5.74) is 5.26. The van der Waals surface area contributed by atoms with Gasteiger partial charge in [-0.05, 0) is 45.3 Å². The molecule has 0 saturated carbocycles. The van der Waals surface area contributed by atoms with Gasteiger partial charge in [0.05, 0.1) is 0 Å². The Kier molecular flexibility index (Phi) is 4.54. The molecule has 12 heavy (non-hydrogen) atoms. The van der Waals surface area contributed by atoms with E-state index in [0.29, 0.717) is 19.4 Å². The van der Waals surface area contributed by atoms with Crippen molar-refractivity contribution < 1.29 is 4.39 Å². The summed E-state index contributed by atoms with van der Waals surface area (Å²) in [5.74, 6) is 0. The van der Waals surface area contributed by atoms with Gasteiger partial charge in [0, 0.05) is 6.54 Å². The van der Waals surface area contributed by atoms with Gasteiger partial charge in [0.25, 0.3) is 0 Å². The van der Waals surface area contributed by atoms with Gasteiger partial charge in [0.2, 0.25) is 0 Å². The third-order valence-electron chi connectivity index (χ3n) is 2.44. The number of alkyl halides is 1. The van der Waals surface area contributed by atoms with Crippen LogP contribution in [0.15, 0.2) is 0 Å². The summed E-state index contributed by atoms with van der Waals surface area (Å²) < 4.78 is 13.0. The molecule has 0 bridgehead atoms. The maximum atomic E-state index is 13.0. The highest BCUT2D eigenvalue weighted by atomic mass is 19.1. The zero-order chi connectivity index (χ0) is 8.81. The molecular formula is C9H19FN2. The van der Waals surface area contributed by atoms with Crippen molar-refractivity contribution in [2.75, 3.05) is 26.2 Å². The molecule has 1 unspecified atom stereocenters. The number of nitrogens with two attached hydrogens (primary N) is 1. The van der Waals surface area contributed by atoms with Gasteiger partial charge >= 0.3 is 0 Å². The predicted octanol–water partition coefficient (Wildman–Crippen LogP) is 1.16. The van der Waals surface area contributed by atoms with Crippen LogP contribution in [-0.2, 0) is 0 Å². The lowest BCUT2D eigenvalue weighted by Crippen LogP contribution is -2.23. The molecule has 0 aromatic heterocycles. The molecule has 1 aliphatic rings. The van der Waals surface area contributed by atoms with E-state index in [1.54, 1.807) is 0 Å². The number of nitrogens with zero attached hydrogens (tertiary/aromatic N) is 1. The largest absolute Gasteiger partial charge is 0.330 e. The normalized spacial score (nSPS) is 21.5. The van der Waals surface area contributed by atoms with Crippen LogP contribution in [0.2, 0.25) is 0 Å². The fourth-order valence-electron chi connectivity index (χ4n) is 1.65. The molecule has 0 amide bonds. The lowest BCUT2D eigenvalue weighted by molar-refractivity contribution is 0.245. The Morgan fingerprint density at radius 2 is 1.92 bits per heavy atom. The second kappa shape index (κ2) is 5.49. The molecule has 1 aliphatic heterocycles. The highest BCUT2D eigenvalue weighted by molar-refractivity contribution is 4.68. The van der Waals surface area contributed by atoms with E-state index in [1.165, 1.54) is 12.8 Å². The number of likely N-dealkylation sites (tertiary alicyclic amines) is 1. The average molecular weight is 174 g/mol. The summed E-state index contributed by atoms with van der Waals surface area (Å²) in [5, 5.41) is 0. The van der Waals surface area contributed by atoms with E-state index in [0.717, 1.165) is 19.6 Å². The van der Waals surface area contributed by atoms with Gasteiger partial charge in [0.15, 0.2) is 0 Å². The van der Waals surface area contributed by atoms with Crippen LogP contribution in [0.1, 0.15) is 25.7 Å². The lowest BCUT2D eigenvalue weighted by Gasteiger charge is -2.15. The van der Waals surface area contributed by atoms with Gasteiger partial charge in [-0.2, -0.15) is 0 Å². The van der Waals surface area contributed by atoms with E-state index in [1.807, 2.05) is 0 Å². The molecule has 2 nitrogen and oxygen atoms in total. The van der Waals surface area contributed by atoms with Gasteiger partial charge in [-0.1, -0.05) is 0 Å². The summed E-state index contributed by atoms with van der Waals surface area (Å²) in [7, 11) is 0. The molecular weight excluding hydrogens is 155 g/mol. The minimum absolute atomic E-state index is 0.473. The third-order valence-corrected chi connectivity index (χ3v) is 2.44. The standard InChI is InChI=1S/C9H19FN2/c10-9(3-5-11)4-8-12-6-1-2-7-12/h9H,1-8,11H2. The maximum Gasteiger partial charge on any atom is 0.103 e. The third kappa shape index (κ3) is 3.50. The van der Waals surface area contributed by atoms with Crippen LogP contribution in [0, 0.1) is 0 Å². The van der Waals surface area contributed by atoms with Crippen LogP contribution in [0.4, 0.5) is 4.39 Å². The Balaban J connectivity index is 1.99. The van der Waals surface area contributed by atoms with Crippen molar-refractivity contribution in [3.63, 3.8) is 0 Å². The molecule has 1 heterocycles. The predicted molar refractivity (Wildman–Crippen MR) is 48.9 cm³/mol. The van der Waals surface area contributed by atoms with E-state index in [2.05, 4.69) is 4.90 Å². The number of halogens is 1. The Morgan fingerprint density at radius 3 is 2.50 bits per heavy atom. The van der Waals surface area contributed by atoms with Crippen molar-refractivity contribution in [1.29, 1.82) is 0 Å². The zero-order valence-electron chi connectivity index (χ0n) is 7.64. The van der Waals surface area contributed by atoms with E-state index in [-0.39, 0.29) is 0 Å². The van der Waals surface area contributed by atoms with Gasteiger partial charge < -0.3 is 10.6 Å². The van der Waals surface area contributed by atoms with Crippen molar-refractivity contribution in [3.05, 3.63) is 0 Å². The summed E-state index contributed by atoms with van der Waals surface area (Å²) in [6, 6.07) is 0. The second-order valence-corrected chi connectivity index (χ2v) is 3.51. The van der Waals surface area contributed by atoms with Gasteiger partial charge in [-0.3, -0.25) is 0 Å². The van der Waals surface area contributed by atoms with Crippen LogP contribution in [0.25, 0.3) is 0 Å². The summed E-state index contributed by atoms with van der Waals surface area (Å²) in [6.07, 6.45) is 3.07. The first-order valence-corrected chi connectivity index (χ1v) is 4.89. The van der Waals surface area contributed by atoms with Crippen molar-refractivity contribution in [2.45, 2.75) is 31.9 Å². The highest BCUT2D eigenvalue weighted by Crippen LogP contribution is 2.10. The Morgan fingerprint density at radius 1 is 1.25 bits per heavy atom. The maximum absolute atomic E-state index is 13.0. The van der Waals surface area contributed by atoms with Crippen molar-refractivity contribution in [1.82, 2.24) is 4.90 Å². The van der Waals surface area contributed by atoms with Gasteiger partial charge in [0.1, 0.15) is 6.17 Å². The highest BCUT2D eigenvalue weighted by Gasteiger charge is 2.13. The zero-order valence-corrected chi connectivity index (χ0v) is 7.64. The van der Waals surface area contributed by atoms with Gasteiger partial charge in [-0.25, -0.2) is 4.39 Å². The summed E-state index contributed by atoms with van der Waals surface area (Å²) in [6.45, 7) is 3.72. The first-order valence-electron chi connectivity index (χ1n) is 4.89. The van der Waals surface area contributed by atoms with Crippen molar-refractivity contribution in [3.8, 4) is 0 Å². The van der Waals surface area contributed by atoms with Crippen LogP contribution >= 0.6 is 0 Å². The topological polar surface area (TPSA) is 29.3 Å². The van der Waals surface area contributed by atoms with Gasteiger partial charge in [-0.15, -0.1) is 0 Å². The Labute approximate surface area is 73.9 Å². The fraction of sp³-hybridized carbons (Fsp3) is 1.00. The van der Waals surface area contributed by atoms with Crippen LogP contribution in [-0.4, -0.2) is 37.3 Å². The Hall–Kier alpha value is -0.150. The lowest BCUT2D eigenvalue weighted by atomic mass is 10.2. The van der Waals surface area contributed by atoms with E-state index < -0.39 is 6.17 Å². The average Bonchev–Trinajstić information content (AvgIpc) is 2.53. The second-order valence-electron chi connectivity index (χ2n) is 3.51. The SMILES string of the molecule is NCCC(F)CCN1CCCC1. The fourth-order valence-corrected chi connectivity index (χ4v) is 1.65. The Bertz CT molecular complexity index is 113. The van der Waals surface area contributed by atoms with Crippen molar-refractivity contribution >= 4 is 0 Å². The van der Waals surface area contributed by atoms with E-state index in [4.69, 9.17) is 5.73 Å². The van der Waals surface area contributed by atoms with Crippen molar-refractivity contribution in [2.24, 2.45) is 5.73 Å². The molecule has 0 spiro atoms. The number of rotatable bonds is 5. The smallest absolute Gasteiger partial charge is 0.103 e.